The summed E-state index contributed by atoms with van der Waals surface area (Å²) in [4.78, 5) is 4.47. The lowest BCUT2D eigenvalue weighted by molar-refractivity contribution is 0.112. The summed E-state index contributed by atoms with van der Waals surface area (Å²) >= 11 is 0. The molecule has 0 saturated carbocycles. The third-order valence-corrected chi connectivity index (χ3v) is 7.76. The van der Waals surface area contributed by atoms with Crippen molar-refractivity contribution in [3.8, 4) is 0 Å². The zero-order valence-corrected chi connectivity index (χ0v) is 20.0. The molecule has 8 heteroatoms. The Morgan fingerprint density at radius 3 is 2.36 bits per heavy atom. The fraction of sp³-hybridized carbons (Fsp3) is 0.440. The van der Waals surface area contributed by atoms with Crippen LogP contribution in [0.5, 0.6) is 0 Å². The lowest BCUT2D eigenvalue weighted by atomic mass is 9.87. The Morgan fingerprint density at radius 1 is 1.12 bits per heavy atom. The van der Waals surface area contributed by atoms with E-state index in [2.05, 4.69) is 17.0 Å². The van der Waals surface area contributed by atoms with Crippen LogP contribution in [0, 0.1) is 11.6 Å². The molecule has 2 fully saturated rings. The van der Waals surface area contributed by atoms with Gasteiger partial charge >= 0.3 is 0 Å². The summed E-state index contributed by atoms with van der Waals surface area (Å²) in [5, 5.41) is 0. The summed E-state index contributed by atoms with van der Waals surface area (Å²) in [5.41, 5.74) is 2.84. The predicted octanol–water partition coefficient (Wildman–Crippen LogP) is 4.02. The van der Waals surface area contributed by atoms with Crippen molar-refractivity contribution < 1.29 is 21.9 Å². The van der Waals surface area contributed by atoms with E-state index in [4.69, 9.17) is 4.74 Å². The van der Waals surface area contributed by atoms with E-state index in [-0.39, 0.29) is 16.5 Å². The molecule has 178 valence electrons. The molecule has 0 N–H and O–H groups in total. The van der Waals surface area contributed by atoms with Gasteiger partial charge in [-0.15, -0.1) is 0 Å². The van der Waals surface area contributed by atoms with E-state index in [9.17, 15) is 17.2 Å². The topological polar surface area (TPSA) is 49.9 Å². The van der Waals surface area contributed by atoms with Gasteiger partial charge in [-0.05, 0) is 60.8 Å². The lowest BCUT2D eigenvalue weighted by Crippen LogP contribution is -2.41. The Bertz CT molecular complexity index is 1130. The second kappa shape index (κ2) is 9.62. The SMILES string of the molecule is COC[C@@H]1CCCN1Cc1ccc(C2C(=C(c3cc(F)cc(F)c3)S(C)(=O)=O)CN2C)cc1. The third-order valence-electron chi connectivity index (χ3n) is 6.52. The van der Waals surface area contributed by atoms with E-state index in [1.807, 2.05) is 24.1 Å². The maximum absolute atomic E-state index is 13.9. The van der Waals surface area contributed by atoms with Gasteiger partial charge in [0.2, 0.25) is 0 Å². The Morgan fingerprint density at radius 2 is 1.79 bits per heavy atom. The van der Waals surface area contributed by atoms with Gasteiger partial charge in [-0.25, -0.2) is 17.2 Å². The van der Waals surface area contributed by atoms with E-state index in [0.29, 0.717) is 18.2 Å². The highest BCUT2D eigenvalue weighted by atomic mass is 32.2. The minimum atomic E-state index is -3.71. The normalized spacial score (nSPS) is 23.5. The van der Waals surface area contributed by atoms with Crippen LogP contribution >= 0.6 is 0 Å². The van der Waals surface area contributed by atoms with Gasteiger partial charge in [0.15, 0.2) is 9.84 Å². The van der Waals surface area contributed by atoms with Gasteiger partial charge in [0.25, 0.3) is 0 Å². The number of sulfone groups is 1. The minimum absolute atomic E-state index is 0.00699. The Balaban J connectivity index is 1.63. The van der Waals surface area contributed by atoms with Gasteiger partial charge < -0.3 is 4.74 Å². The van der Waals surface area contributed by atoms with Gasteiger partial charge in [0, 0.05) is 38.6 Å². The van der Waals surface area contributed by atoms with Gasteiger partial charge in [0.1, 0.15) is 11.6 Å². The largest absolute Gasteiger partial charge is 0.383 e. The Hall–Kier alpha value is -2.13. The summed E-state index contributed by atoms with van der Waals surface area (Å²) in [5.74, 6) is -1.59. The lowest BCUT2D eigenvalue weighted by Gasteiger charge is -2.42. The number of nitrogens with zero attached hydrogens (tertiary/aromatic N) is 2. The van der Waals surface area contributed by atoms with Crippen LogP contribution in [0.1, 0.15) is 35.6 Å². The quantitative estimate of drug-likeness (QED) is 0.604. The average molecular weight is 477 g/mol. The standard InChI is InChI=1S/C25H30F2N2O3S/c1-28-15-23(25(33(3,30)31)19-11-20(26)13-21(27)12-19)24(28)18-8-6-17(7-9-18)14-29-10-4-5-22(29)16-32-2/h6-9,11-13,22,24H,4-5,10,14-16H2,1-3H3/t22-,24?/m0/s1. The molecule has 0 radical (unpaired) electrons. The molecular formula is C25H30F2N2O3S. The molecule has 2 heterocycles. The summed E-state index contributed by atoms with van der Waals surface area (Å²) in [6, 6.07) is 11.3. The molecule has 2 aliphatic heterocycles. The molecule has 2 aromatic carbocycles. The first-order valence-corrected chi connectivity index (χ1v) is 13.0. The highest BCUT2D eigenvalue weighted by molar-refractivity contribution is 8.00. The van der Waals surface area contributed by atoms with Crippen molar-refractivity contribution in [2.75, 3.05) is 40.1 Å². The number of hydrogen-bond donors (Lipinski definition) is 0. The van der Waals surface area contributed by atoms with Crippen molar-refractivity contribution >= 4 is 14.7 Å². The first-order chi connectivity index (χ1) is 15.7. The minimum Gasteiger partial charge on any atom is -0.383 e. The van der Waals surface area contributed by atoms with Crippen LogP contribution in [0.2, 0.25) is 0 Å². The summed E-state index contributed by atoms with van der Waals surface area (Å²) < 4.78 is 58.4. The van der Waals surface area contributed by atoms with Crippen molar-refractivity contribution in [3.63, 3.8) is 0 Å². The first-order valence-electron chi connectivity index (χ1n) is 11.1. The van der Waals surface area contributed by atoms with Crippen LogP contribution in [-0.4, -0.2) is 64.4 Å². The second-order valence-electron chi connectivity index (χ2n) is 9.07. The van der Waals surface area contributed by atoms with Crippen LogP contribution in [0.3, 0.4) is 0 Å². The molecule has 2 atom stereocenters. The van der Waals surface area contributed by atoms with Gasteiger partial charge in [-0.3, -0.25) is 9.80 Å². The molecule has 2 saturated heterocycles. The molecule has 0 bridgehead atoms. The molecule has 0 amide bonds. The highest BCUT2D eigenvalue weighted by Gasteiger charge is 2.37. The van der Waals surface area contributed by atoms with Crippen molar-refractivity contribution in [3.05, 3.63) is 76.4 Å². The zero-order chi connectivity index (χ0) is 23.8. The van der Waals surface area contributed by atoms with E-state index in [1.165, 1.54) is 12.0 Å². The number of likely N-dealkylation sites (tertiary alicyclic amines) is 2. The smallest absolute Gasteiger partial charge is 0.176 e. The molecule has 0 aliphatic carbocycles. The van der Waals surface area contributed by atoms with Crippen molar-refractivity contribution in [1.82, 2.24) is 9.80 Å². The molecule has 2 aromatic rings. The summed E-state index contributed by atoms with van der Waals surface area (Å²) in [6.07, 6.45) is 3.40. The molecule has 2 aliphatic rings. The number of halogens is 2. The zero-order valence-electron chi connectivity index (χ0n) is 19.2. The van der Waals surface area contributed by atoms with E-state index in [0.717, 1.165) is 56.1 Å². The average Bonchev–Trinajstić information content (AvgIpc) is 3.14. The number of hydrogen-bond acceptors (Lipinski definition) is 5. The monoisotopic (exact) mass is 476 g/mol. The fourth-order valence-electron chi connectivity index (χ4n) is 5.10. The number of rotatable bonds is 7. The Kier molecular flexibility index (Phi) is 7.00. The van der Waals surface area contributed by atoms with Crippen LogP contribution in [0.25, 0.3) is 4.91 Å². The molecule has 0 aromatic heterocycles. The Labute approximate surface area is 194 Å². The molecule has 5 nitrogen and oxygen atoms in total. The number of methoxy groups -OCH3 is 1. The number of likely N-dealkylation sites (N-methyl/N-ethyl adjacent to an activating group) is 1. The third kappa shape index (κ3) is 5.19. The van der Waals surface area contributed by atoms with Crippen molar-refractivity contribution in [2.24, 2.45) is 0 Å². The maximum Gasteiger partial charge on any atom is 0.176 e. The van der Waals surface area contributed by atoms with Crippen LogP contribution in [0.4, 0.5) is 8.78 Å². The highest BCUT2D eigenvalue weighted by Crippen LogP contribution is 2.43. The molecule has 1 unspecified atom stereocenters. The van der Waals surface area contributed by atoms with Gasteiger partial charge in [-0.1, -0.05) is 24.3 Å². The molecule has 33 heavy (non-hydrogen) atoms. The van der Waals surface area contributed by atoms with E-state index >= 15 is 0 Å². The van der Waals surface area contributed by atoms with Gasteiger partial charge in [0.05, 0.1) is 17.6 Å². The summed E-state index contributed by atoms with van der Waals surface area (Å²) in [6.45, 7) is 3.04. The number of benzene rings is 2. The maximum atomic E-state index is 13.9. The van der Waals surface area contributed by atoms with E-state index in [1.54, 1.807) is 7.11 Å². The summed E-state index contributed by atoms with van der Waals surface area (Å²) in [7, 11) is -0.0693. The molecule has 4 rings (SSSR count). The molecular weight excluding hydrogens is 446 g/mol. The van der Waals surface area contributed by atoms with Gasteiger partial charge in [-0.2, -0.15) is 0 Å². The fourth-order valence-corrected chi connectivity index (χ4v) is 6.30. The van der Waals surface area contributed by atoms with Crippen LogP contribution in [0.15, 0.2) is 48.0 Å². The van der Waals surface area contributed by atoms with Crippen LogP contribution in [-0.2, 0) is 21.1 Å². The first kappa shape index (κ1) is 24.0. The van der Waals surface area contributed by atoms with Crippen molar-refractivity contribution in [2.45, 2.75) is 31.5 Å². The van der Waals surface area contributed by atoms with Crippen molar-refractivity contribution in [1.29, 1.82) is 0 Å². The molecule has 0 spiro atoms. The van der Waals surface area contributed by atoms with E-state index < -0.39 is 21.5 Å². The predicted molar refractivity (Wildman–Crippen MR) is 125 cm³/mol. The second-order valence-corrected chi connectivity index (χ2v) is 11.0. The number of ether oxygens (including phenoxy) is 1. The van der Waals surface area contributed by atoms with Crippen LogP contribution < -0.4 is 0 Å².